The summed E-state index contributed by atoms with van der Waals surface area (Å²) in [5.74, 6) is -0.907. The quantitative estimate of drug-likeness (QED) is 0.736. The van der Waals surface area contributed by atoms with E-state index < -0.39 is 5.97 Å². The Morgan fingerprint density at radius 1 is 1.25 bits per heavy atom. The van der Waals surface area contributed by atoms with Crippen LogP contribution in [0.3, 0.4) is 0 Å². The number of nitrogens with two attached hydrogens (primary N) is 1. The van der Waals surface area contributed by atoms with Gasteiger partial charge in [0.25, 0.3) is 0 Å². The molecule has 0 aromatic heterocycles. The largest absolute Gasteiger partial charge is 0.508 e. The predicted molar refractivity (Wildman–Crippen MR) is 74.9 cm³/mol. The number of benzene rings is 1. The fraction of sp³-hybridized carbons (Fsp3) is 0.533. The SMILES string of the molecule is COC(=O)c1cc(C2(CN)CCCCC2)c(O)cc1O. The van der Waals surface area contributed by atoms with Crippen LogP contribution in [0.25, 0.3) is 0 Å². The molecule has 1 aliphatic carbocycles. The lowest BCUT2D eigenvalue weighted by molar-refractivity contribution is 0.0597. The molecule has 1 aliphatic rings. The van der Waals surface area contributed by atoms with E-state index in [1.807, 2.05) is 0 Å². The first-order valence-corrected chi connectivity index (χ1v) is 6.89. The van der Waals surface area contributed by atoms with Crippen molar-refractivity contribution in [3.63, 3.8) is 0 Å². The lowest BCUT2D eigenvalue weighted by Gasteiger charge is -2.37. The molecule has 1 fully saturated rings. The molecule has 20 heavy (non-hydrogen) atoms. The molecule has 0 saturated heterocycles. The first-order valence-electron chi connectivity index (χ1n) is 6.89. The molecular weight excluding hydrogens is 258 g/mol. The van der Waals surface area contributed by atoms with E-state index in [0.717, 1.165) is 32.1 Å². The van der Waals surface area contributed by atoms with Crippen LogP contribution in [0.1, 0.15) is 48.0 Å². The highest BCUT2D eigenvalue weighted by Crippen LogP contribution is 2.44. The van der Waals surface area contributed by atoms with Gasteiger partial charge in [-0.2, -0.15) is 0 Å². The van der Waals surface area contributed by atoms with Crippen molar-refractivity contribution in [3.05, 3.63) is 23.3 Å². The molecular formula is C15H21NO4. The van der Waals surface area contributed by atoms with Crippen LogP contribution < -0.4 is 5.73 Å². The zero-order valence-electron chi connectivity index (χ0n) is 11.7. The Morgan fingerprint density at radius 3 is 2.45 bits per heavy atom. The van der Waals surface area contributed by atoms with Crippen LogP contribution in [0, 0.1) is 0 Å². The van der Waals surface area contributed by atoms with Crippen molar-refractivity contribution in [1.29, 1.82) is 0 Å². The summed E-state index contributed by atoms with van der Waals surface area (Å²) in [6.45, 7) is 0.409. The zero-order chi connectivity index (χ0) is 14.8. The second kappa shape index (κ2) is 5.71. The standard InChI is InChI=1S/C15H21NO4/c1-20-14(19)10-7-11(13(18)8-12(10)17)15(9-16)5-3-2-4-6-15/h7-8,17-18H,2-6,9,16H2,1H3. The third-order valence-corrected chi connectivity index (χ3v) is 4.29. The summed E-state index contributed by atoms with van der Waals surface area (Å²) >= 11 is 0. The fourth-order valence-electron chi connectivity index (χ4n) is 3.09. The van der Waals surface area contributed by atoms with Gasteiger partial charge in [0.15, 0.2) is 0 Å². The molecule has 0 bridgehead atoms. The molecule has 1 aromatic carbocycles. The Bertz CT molecular complexity index is 507. The van der Waals surface area contributed by atoms with E-state index >= 15 is 0 Å². The number of esters is 1. The number of rotatable bonds is 3. The molecule has 110 valence electrons. The van der Waals surface area contributed by atoms with Gasteiger partial charge >= 0.3 is 5.97 Å². The molecule has 1 saturated carbocycles. The molecule has 0 radical (unpaired) electrons. The number of methoxy groups -OCH3 is 1. The van der Waals surface area contributed by atoms with Crippen molar-refractivity contribution in [1.82, 2.24) is 0 Å². The highest BCUT2D eigenvalue weighted by Gasteiger charge is 2.36. The van der Waals surface area contributed by atoms with Crippen molar-refractivity contribution in [3.8, 4) is 11.5 Å². The zero-order valence-corrected chi connectivity index (χ0v) is 11.7. The van der Waals surface area contributed by atoms with Gasteiger partial charge < -0.3 is 20.7 Å². The summed E-state index contributed by atoms with van der Waals surface area (Å²) in [5, 5.41) is 19.9. The molecule has 0 atom stereocenters. The Kier molecular flexibility index (Phi) is 4.18. The highest BCUT2D eigenvalue weighted by atomic mass is 16.5. The second-order valence-electron chi connectivity index (χ2n) is 5.42. The van der Waals surface area contributed by atoms with Gasteiger partial charge in [0.1, 0.15) is 17.1 Å². The van der Waals surface area contributed by atoms with E-state index in [-0.39, 0.29) is 22.5 Å². The van der Waals surface area contributed by atoms with Crippen LogP contribution in [0.2, 0.25) is 0 Å². The van der Waals surface area contributed by atoms with Gasteiger partial charge in [-0.25, -0.2) is 4.79 Å². The predicted octanol–water partition coefficient (Wildman–Crippen LogP) is 2.04. The molecule has 4 N–H and O–H groups in total. The van der Waals surface area contributed by atoms with Crippen LogP contribution in [0.15, 0.2) is 12.1 Å². The van der Waals surface area contributed by atoms with Crippen molar-refractivity contribution in [2.45, 2.75) is 37.5 Å². The number of ether oxygens (including phenoxy) is 1. The van der Waals surface area contributed by atoms with Crippen LogP contribution in [-0.4, -0.2) is 29.8 Å². The molecule has 0 aliphatic heterocycles. The van der Waals surface area contributed by atoms with E-state index in [4.69, 9.17) is 5.73 Å². The lowest BCUT2D eigenvalue weighted by Crippen LogP contribution is -2.37. The third-order valence-electron chi connectivity index (χ3n) is 4.29. The number of hydrogen-bond donors (Lipinski definition) is 3. The smallest absolute Gasteiger partial charge is 0.341 e. The molecule has 0 amide bonds. The summed E-state index contributed by atoms with van der Waals surface area (Å²) in [7, 11) is 1.26. The number of aromatic hydroxyl groups is 2. The van der Waals surface area contributed by atoms with E-state index in [9.17, 15) is 15.0 Å². The topological polar surface area (TPSA) is 92.8 Å². The normalized spacial score (nSPS) is 17.7. The van der Waals surface area contributed by atoms with E-state index in [0.29, 0.717) is 12.1 Å². The average Bonchev–Trinajstić information content (AvgIpc) is 2.47. The van der Waals surface area contributed by atoms with Crippen molar-refractivity contribution in [2.75, 3.05) is 13.7 Å². The molecule has 0 unspecified atom stereocenters. The molecule has 5 heteroatoms. The average molecular weight is 279 g/mol. The summed E-state index contributed by atoms with van der Waals surface area (Å²) in [6, 6.07) is 2.72. The van der Waals surface area contributed by atoms with Crippen molar-refractivity contribution in [2.24, 2.45) is 5.73 Å². The lowest BCUT2D eigenvalue weighted by atomic mass is 9.69. The Balaban J connectivity index is 2.52. The molecule has 1 aromatic rings. The number of carbonyl (C=O) groups is 1. The maximum absolute atomic E-state index is 11.7. The monoisotopic (exact) mass is 279 g/mol. The molecule has 5 nitrogen and oxygen atoms in total. The van der Waals surface area contributed by atoms with Crippen LogP contribution in [0.5, 0.6) is 11.5 Å². The number of phenols is 2. The van der Waals surface area contributed by atoms with Crippen LogP contribution in [-0.2, 0) is 10.2 Å². The maximum Gasteiger partial charge on any atom is 0.341 e. The van der Waals surface area contributed by atoms with Crippen molar-refractivity contribution >= 4 is 5.97 Å². The highest BCUT2D eigenvalue weighted by molar-refractivity contribution is 5.93. The Hall–Kier alpha value is -1.75. The van der Waals surface area contributed by atoms with E-state index in [1.165, 1.54) is 19.2 Å². The summed E-state index contributed by atoms with van der Waals surface area (Å²) < 4.78 is 4.65. The summed E-state index contributed by atoms with van der Waals surface area (Å²) in [6.07, 6.45) is 5.01. The van der Waals surface area contributed by atoms with Crippen LogP contribution in [0.4, 0.5) is 0 Å². The first-order chi connectivity index (χ1) is 9.54. The second-order valence-corrected chi connectivity index (χ2v) is 5.42. The molecule has 2 rings (SSSR count). The minimum Gasteiger partial charge on any atom is -0.508 e. The number of hydrogen-bond acceptors (Lipinski definition) is 5. The minimum atomic E-state index is -0.619. The van der Waals surface area contributed by atoms with Gasteiger partial charge in [-0.05, 0) is 18.9 Å². The molecule has 0 spiro atoms. The minimum absolute atomic E-state index is 0.0116. The van der Waals surface area contributed by atoms with Gasteiger partial charge in [-0.1, -0.05) is 19.3 Å². The third kappa shape index (κ3) is 2.45. The number of phenolic OH excluding ortho intramolecular Hbond substituents is 2. The van der Waals surface area contributed by atoms with E-state index in [2.05, 4.69) is 4.74 Å². The maximum atomic E-state index is 11.7. The van der Waals surface area contributed by atoms with E-state index in [1.54, 1.807) is 0 Å². The molecule has 0 heterocycles. The Labute approximate surface area is 118 Å². The summed E-state index contributed by atoms with van der Waals surface area (Å²) in [4.78, 5) is 11.7. The summed E-state index contributed by atoms with van der Waals surface area (Å²) in [5.41, 5.74) is 6.33. The van der Waals surface area contributed by atoms with Crippen LogP contribution >= 0.6 is 0 Å². The number of carbonyl (C=O) groups excluding carboxylic acids is 1. The van der Waals surface area contributed by atoms with Gasteiger partial charge in [0.05, 0.1) is 7.11 Å². The Morgan fingerprint density at radius 2 is 1.90 bits per heavy atom. The van der Waals surface area contributed by atoms with Gasteiger partial charge in [0.2, 0.25) is 0 Å². The fourth-order valence-corrected chi connectivity index (χ4v) is 3.09. The first kappa shape index (κ1) is 14.7. The van der Waals surface area contributed by atoms with Gasteiger partial charge in [-0.15, -0.1) is 0 Å². The van der Waals surface area contributed by atoms with Crippen molar-refractivity contribution < 1.29 is 19.7 Å². The van der Waals surface area contributed by atoms with Gasteiger partial charge in [0, 0.05) is 23.6 Å². The van der Waals surface area contributed by atoms with Gasteiger partial charge in [-0.3, -0.25) is 0 Å².